The molecule has 6 rings (SSSR count). The van der Waals surface area contributed by atoms with Crippen molar-refractivity contribution < 1.29 is 28.5 Å². The standard InChI is InChI=1S/C31H22IN3O6/c1-38-25-14-18(10-12-24(25)41-31(37)20-11-13-23-26(15-20)40-17-39-23)16-33-35-30(36)29-27(19-6-3-2-4-7-19)21-8-5-9-22(32)28(21)34-29/h2-16,34H,17H2,1H3,(H,35,36). The minimum Gasteiger partial charge on any atom is -0.493 e. The van der Waals surface area contributed by atoms with Crippen LogP contribution >= 0.6 is 22.6 Å². The zero-order chi connectivity index (χ0) is 28.3. The van der Waals surface area contributed by atoms with E-state index in [0.717, 1.165) is 25.6 Å². The van der Waals surface area contributed by atoms with E-state index in [2.05, 4.69) is 38.1 Å². The second kappa shape index (κ2) is 11.3. The Labute approximate surface area is 248 Å². The fourth-order valence-electron chi connectivity index (χ4n) is 4.51. The van der Waals surface area contributed by atoms with Gasteiger partial charge in [0.15, 0.2) is 23.0 Å². The first-order valence-corrected chi connectivity index (χ1v) is 13.6. The molecular formula is C31H22IN3O6. The number of ether oxygens (including phenoxy) is 4. The molecule has 1 aliphatic heterocycles. The van der Waals surface area contributed by atoms with Gasteiger partial charge in [-0.05, 0) is 76.2 Å². The number of hydrazone groups is 1. The van der Waals surface area contributed by atoms with E-state index < -0.39 is 5.97 Å². The first-order valence-electron chi connectivity index (χ1n) is 12.5. The SMILES string of the molecule is COc1cc(C=NNC(=O)c2[nH]c3c(I)cccc3c2-c2ccccc2)ccc1OC(=O)c1ccc2c(c1)OCO2. The minimum atomic E-state index is -0.572. The van der Waals surface area contributed by atoms with Gasteiger partial charge in [0.1, 0.15) is 5.69 Å². The summed E-state index contributed by atoms with van der Waals surface area (Å²) in [5, 5.41) is 5.11. The third-order valence-electron chi connectivity index (χ3n) is 6.45. The van der Waals surface area contributed by atoms with Gasteiger partial charge in [-0.15, -0.1) is 0 Å². The van der Waals surface area contributed by atoms with E-state index in [1.807, 2.05) is 48.5 Å². The highest BCUT2D eigenvalue weighted by molar-refractivity contribution is 14.1. The van der Waals surface area contributed by atoms with Gasteiger partial charge in [-0.2, -0.15) is 5.10 Å². The van der Waals surface area contributed by atoms with E-state index in [1.165, 1.54) is 13.3 Å². The fourth-order valence-corrected chi connectivity index (χ4v) is 5.14. The number of para-hydroxylation sites is 1. The quantitative estimate of drug-likeness (QED) is 0.0713. The number of aromatic nitrogens is 1. The predicted molar refractivity (Wildman–Crippen MR) is 162 cm³/mol. The van der Waals surface area contributed by atoms with Crippen LogP contribution in [0.5, 0.6) is 23.0 Å². The van der Waals surface area contributed by atoms with Gasteiger partial charge < -0.3 is 23.9 Å². The van der Waals surface area contributed by atoms with E-state index in [1.54, 1.807) is 36.4 Å². The lowest BCUT2D eigenvalue weighted by molar-refractivity contribution is 0.0729. The van der Waals surface area contributed by atoms with Gasteiger partial charge in [0.25, 0.3) is 5.91 Å². The Bertz CT molecular complexity index is 1820. The van der Waals surface area contributed by atoms with Gasteiger partial charge in [-0.1, -0.05) is 42.5 Å². The van der Waals surface area contributed by atoms with Crippen molar-refractivity contribution in [1.29, 1.82) is 0 Å². The number of aromatic amines is 1. The van der Waals surface area contributed by atoms with Crippen LogP contribution in [0.1, 0.15) is 26.4 Å². The normalized spacial score (nSPS) is 12.0. The number of benzene rings is 4. The number of amides is 1. The first-order chi connectivity index (χ1) is 20.0. The molecule has 0 saturated carbocycles. The first kappa shape index (κ1) is 26.4. The number of hydrogen-bond acceptors (Lipinski definition) is 7. The van der Waals surface area contributed by atoms with Gasteiger partial charge in [-0.3, -0.25) is 4.79 Å². The highest BCUT2D eigenvalue weighted by atomic mass is 127. The Morgan fingerprint density at radius 1 is 0.951 bits per heavy atom. The van der Waals surface area contributed by atoms with Crippen molar-refractivity contribution in [3.63, 3.8) is 0 Å². The molecule has 4 aromatic carbocycles. The van der Waals surface area contributed by atoms with Crippen LogP contribution in [0.3, 0.4) is 0 Å². The van der Waals surface area contributed by atoms with Crippen molar-refractivity contribution in [1.82, 2.24) is 10.4 Å². The van der Waals surface area contributed by atoms with Crippen molar-refractivity contribution in [3.8, 4) is 34.1 Å². The molecule has 1 aromatic heterocycles. The van der Waals surface area contributed by atoms with Crippen molar-refractivity contribution in [2.24, 2.45) is 5.10 Å². The van der Waals surface area contributed by atoms with E-state index in [0.29, 0.717) is 34.1 Å². The number of methoxy groups -OCH3 is 1. The lowest BCUT2D eigenvalue weighted by Gasteiger charge is -2.10. The third kappa shape index (κ3) is 5.33. The molecule has 1 amide bonds. The van der Waals surface area contributed by atoms with Crippen LogP contribution in [0, 0.1) is 3.57 Å². The third-order valence-corrected chi connectivity index (χ3v) is 7.35. The van der Waals surface area contributed by atoms with E-state index in [-0.39, 0.29) is 18.4 Å². The smallest absolute Gasteiger partial charge is 0.343 e. The van der Waals surface area contributed by atoms with Gasteiger partial charge in [-0.25, -0.2) is 10.2 Å². The van der Waals surface area contributed by atoms with Gasteiger partial charge in [0, 0.05) is 14.5 Å². The summed E-state index contributed by atoms with van der Waals surface area (Å²) in [6, 6.07) is 25.4. The molecule has 0 aliphatic carbocycles. The molecule has 2 N–H and O–H groups in total. The Balaban J connectivity index is 1.19. The maximum atomic E-state index is 13.3. The maximum absolute atomic E-state index is 13.3. The monoisotopic (exact) mass is 659 g/mol. The van der Waals surface area contributed by atoms with Crippen molar-refractivity contribution in [2.75, 3.05) is 13.9 Å². The van der Waals surface area contributed by atoms with Crippen LogP contribution in [0.2, 0.25) is 0 Å². The zero-order valence-corrected chi connectivity index (χ0v) is 23.8. The average molecular weight is 659 g/mol. The lowest BCUT2D eigenvalue weighted by atomic mass is 10.0. The summed E-state index contributed by atoms with van der Waals surface area (Å²) in [6.45, 7) is 0.112. The Hall–Kier alpha value is -4.84. The molecule has 10 heteroatoms. The van der Waals surface area contributed by atoms with Crippen LogP contribution in [0.15, 0.2) is 90.0 Å². The number of nitrogens with one attached hydrogen (secondary N) is 2. The van der Waals surface area contributed by atoms with E-state index in [9.17, 15) is 9.59 Å². The largest absolute Gasteiger partial charge is 0.493 e. The van der Waals surface area contributed by atoms with Crippen LogP contribution in [-0.2, 0) is 0 Å². The van der Waals surface area contributed by atoms with E-state index in [4.69, 9.17) is 18.9 Å². The number of rotatable bonds is 7. The van der Waals surface area contributed by atoms with E-state index >= 15 is 0 Å². The fraction of sp³-hybridized carbons (Fsp3) is 0.0645. The number of esters is 1. The molecule has 9 nitrogen and oxygen atoms in total. The van der Waals surface area contributed by atoms with Crippen LogP contribution in [0.25, 0.3) is 22.0 Å². The summed E-state index contributed by atoms with van der Waals surface area (Å²) in [4.78, 5) is 29.2. The number of fused-ring (bicyclic) bond motifs is 2. The summed E-state index contributed by atoms with van der Waals surface area (Å²) in [7, 11) is 1.47. The number of H-pyrrole nitrogens is 1. The maximum Gasteiger partial charge on any atom is 0.343 e. The zero-order valence-electron chi connectivity index (χ0n) is 21.6. The van der Waals surface area contributed by atoms with Crippen LogP contribution < -0.4 is 24.4 Å². The second-order valence-electron chi connectivity index (χ2n) is 8.97. The molecule has 0 spiro atoms. The predicted octanol–water partition coefficient (Wildman–Crippen LogP) is 6.16. The molecule has 0 fully saturated rings. The average Bonchev–Trinajstić information content (AvgIpc) is 3.63. The van der Waals surface area contributed by atoms with Crippen molar-refractivity contribution >= 4 is 51.6 Å². The summed E-state index contributed by atoms with van der Waals surface area (Å²) in [5.41, 5.74) is 6.58. The number of halogens is 1. The van der Waals surface area contributed by atoms with Crippen LogP contribution in [0.4, 0.5) is 0 Å². The molecular weight excluding hydrogens is 637 g/mol. The van der Waals surface area contributed by atoms with Gasteiger partial charge in [0.05, 0.1) is 24.4 Å². The molecule has 41 heavy (non-hydrogen) atoms. The molecule has 0 saturated heterocycles. The number of nitrogens with zero attached hydrogens (tertiary/aromatic N) is 1. The molecule has 0 unspecified atom stereocenters. The molecule has 2 heterocycles. The molecule has 0 bridgehead atoms. The summed E-state index contributed by atoms with van der Waals surface area (Å²) in [5.74, 6) is 0.664. The molecule has 5 aromatic rings. The number of carbonyl (C=O) groups excluding carboxylic acids is 2. The van der Waals surface area contributed by atoms with Gasteiger partial charge >= 0.3 is 5.97 Å². The molecule has 0 radical (unpaired) electrons. The highest BCUT2D eigenvalue weighted by Gasteiger charge is 2.21. The second-order valence-corrected chi connectivity index (χ2v) is 10.1. The molecule has 1 aliphatic rings. The van der Waals surface area contributed by atoms with Crippen LogP contribution in [-0.4, -0.2) is 37.0 Å². The molecule has 204 valence electrons. The molecule has 0 atom stereocenters. The number of hydrogen-bond donors (Lipinski definition) is 2. The van der Waals surface area contributed by atoms with Gasteiger partial charge in [0.2, 0.25) is 6.79 Å². The Morgan fingerprint density at radius 3 is 2.61 bits per heavy atom. The summed E-state index contributed by atoms with van der Waals surface area (Å²) in [6.07, 6.45) is 1.48. The number of carbonyl (C=O) groups is 2. The topological polar surface area (TPSA) is 111 Å². The lowest BCUT2D eigenvalue weighted by Crippen LogP contribution is -2.18. The highest BCUT2D eigenvalue weighted by Crippen LogP contribution is 2.35. The van der Waals surface area contributed by atoms with Crippen molar-refractivity contribution in [2.45, 2.75) is 0 Å². The Morgan fingerprint density at radius 2 is 1.78 bits per heavy atom. The summed E-state index contributed by atoms with van der Waals surface area (Å²) >= 11 is 2.25. The Kier molecular flexibility index (Phi) is 7.30. The van der Waals surface area contributed by atoms with Crippen molar-refractivity contribution in [3.05, 3.63) is 105 Å². The minimum absolute atomic E-state index is 0.112. The summed E-state index contributed by atoms with van der Waals surface area (Å²) < 4.78 is 22.6.